The first-order valence-electron chi connectivity index (χ1n) is 8.93. The van der Waals surface area contributed by atoms with Crippen molar-refractivity contribution in [2.24, 2.45) is 0 Å². The van der Waals surface area contributed by atoms with E-state index >= 15 is 0 Å². The number of benzene rings is 1. The van der Waals surface area contributed by atoms with Gasteiger partial charge >= 0.3 is 0 Å². The molecule has 0 saturated heterocycles. The number of pyridine rings is 1. The summed E-state index contributed by atoms with van der Waals surface area (Å²) in [4.78, 5) is 33.4. The van der Waals surface area contributed by atoms with E-state index in [1.54, 1.807) is 37.6 Å². The van der Waals surface area contributed by atoms with Gasteiger partial charge < -0.3 is 10.1 Å². The molecular formula is C22H15N3O3S. The predicted octanol–water partition coefficient (Wildman–Crippen LogP) is 3.45. The lowest BCUT2D eigenvalue weighted by Crippen LogP contribution is -2.27. The lowest BCUT2D eigenvalue weighted by atomic mass is 10.1. The van der Waals surface area contributed by atoms with Crippen LogP contribution in [0.1, 0.15) is 10.6 Å². The zero-order valence-corrected chi connectivity index (χ0v) is 16.2. The summed E-state index contributed by atoms with van der Waals surface area (Å²) in [6.07, 6.45) is 1.64. The van der Waals surface area contributed by atoms with E-state index in [1.807, 2.05) is 35.7 Å². The van der Waals surface area contributed by atoms with Gasteiger partial charge in [-0.15, -0.1) is 11.3 Å². The fraction of sp³-hybridized carbons (Fsp3) is 0.0455. The first-order valence-corrected chi connectivity index (χ1v) is 9.81. The number of methoxy groups -OCH3 is 1. The monoisotopic (exact) mass is 401 g/mol. The number of aromatic nitrogens is 1. The van der Waals surface area contributed by atoms with Crippen LogP contribution < -0.4 is 15.0 Å². The van der Waals surface area contributed by atoms with Crippen LogP contribution in [-0.2, 0) is 9.59 Å². The first kappa shape index (κ1) is 17.4. The number of anilines is 1. The largest absolute Gasteiger partial charge is 0.495 e. The molecule has 0 radical (unpaired) electrons. The maximum absolute atomic E-state index is 13.6. The minimum Gasteiger partial charge on any atom is -0.495 e. The number of hydrogen-bond acceptors (Lipinski definition) is 5. The molecule has 2 amide bonds. The zero-order valence-electron chi connectivity index (χ0n) is 15.4. The zero-order chi connectivity index (χ0) is 20.0. The number of nitrogens with zero attached hydrogens (tertiary/aromatic N) is 2. The summed E-state index contributed by atoms with van der Waals surface area (Å²) in [5.41, 5.74) is 2.80. The highest BCUT2D eigenvalue weighted by molar-refractivity contribution is 7.11. The van der Waals surface area contributed by atoms with E-state index in [2.05, 4.69) is 10.3 Å². The van der Waals surface area contributed by atoms with Crippen LogP contribution in [0.2, 0.25) is 0 Å². The number of nitrogens with one attached hydrogen (secondary N) is 1. The Labute approximate surface area is 170 Å². The smallest absolute Gasteiger partial charge is 0.266 e. The molecule has 0 spiro atoms. The molecule has 3 aromatic rings. The van der Waals surface area contributed by atoms with Gasteiger partial charge in [-0.1, -0.05) is 24.3 Å². The van der Waals surface area contributed by atoms with Crippen LogP contribution in [0, 0.1) is 0 Å². The van der Waals surface area contributed by atoms with Gasteiger partial charge in [0, 0.05) is 6.20 Å². The number of thiophene rings is 1. The number of hydrogen-bond donors (Lipinski definition) is 1. The highest BCUT2D eigenvalue weighted by Crippen LogP contribution is 2.46. The fourth-order valence-electron chi connectivity index (χ4n) is 3.64. The molecule has 0 fully saturated rings. The van der Waals surface area contributed by atoms with E-state index in [0.29, 0.717) is 39.7 Å². The molecule has 0 atom stereocenters. The summed E-state index contributed by atoms with van der Waals surface area (Å²) in [6.45, 7) is 0. The SMILES string of the molecule is COc1ccccc1N1C(=O)C2=C(c3cccs3)NC(=O)C2=C1c1ccccn1. The van der Waals surface area contributed by atoms with Crippen molar-refractivity contribution < 1.29 is 14.3 Å². The normalized spacial score (nSPS) is 15.8. The lowest BCUT2D eigenvalue weighted by Gasteiger charge is -2.23. The Bertz CT molecular complexity index is 1200. The number of carbonyl (C=O) groups is 2. The van der Waals surface area contributed by atoms with Gasteiger partial charge in [0.15, 0.2) is 0 Å². The summed E-state index contributed by atoms with van der Waals surface area (Å²) < 4.78 is 5.49. The molecule has 0 aliphatic carbocycles. The Morgan fingerprint density at radius 3 is 2.55 bits per heavy atom. The molecule has 0 saturated carbocycles. The molecule has 1 aromatic carbocycles. The number of rotatable bonds is 4. The van der Waals surface area contributed by atoms with Gasteiger partial charge in [0.25, 0.3) is 11.8 Å². The highest BCUT2D eigenvalue weighted by Gasteiger charge is 2.47. The van der Waals surface area contributed by atoms with Gasteiger partial charge in [-0.2, -0.15) is 0 Å². The average molecular weight is 401 g/mol. The summed E-state index contributed by atoms with van der Waals surface area (Å²) >= 11 is 1.47. The Hall–Kier alpha value is -3.71. The molecule has 29 heavy (non-hydrogen) atoms. The number of ether oxygens (including phenoxy) is 1. The molecule has 2 aromatic heterocycles. The van der Waals surface area contributed by atoms with Crippen molar-refractivity contribution in [3.05, 3.63) is 87.9 Å². The van der Waals surface area contributed by atoms with Crippen molar-refractivity contribution >= 4 is 40.2 Å². The number of fused-ring (bicyclic) bond motifs is 1. The molecule has 2 aliphatic heterocycles. The van der Waals surface area contributed by atoms with Crippen molar-refractivity contribution in [3.8, 4) is 5.75 Å². The molecule has 4 heterocycles. The quantitative estimate of drug-likeness (QED) is 0.727. The van der Waals surface area contributed by atoms with Crippen LogP contribution in [-0.4, -0.2) is 23.9 Å². The second-order valence-corrected chi connectivity index (χ2v) is 7.38. The van der Waals surface area contributed by atoms with E-state index in [9.17, 15) is 9.59 Å². The van der Waals surface area contributed by atoms with Crippen LogP contribution in [0.25, 0.3) is 11.4 Å². The summed E-state index contributed by atoms with van der Waals surface area (Å²) in [6, 6.07) is 16.4. The standard InChI is InChI=1S/C22H15N3O3S/c1-28-15-9-3-2-8-14(15)25-20(13-7-4-5-11-23-13)18-17(22(25)27)19(24-21(18)26)16-10-6-12-29-16/h2-12H,1H3,(H,24,26). The second-order valence-electron chi connectivity index (χ2n) is 6.43. The van der Waals surface area contributed by atoms with E-state index in [-0.39, 0.29) is 11.8 Å². The third-order valence-corrected chi connectivity index (χ3v) is 5.73. The van der Waals surface area contributed by atoms with Crippen molar-refractivity contribution in [2.75, 3.05) is 12.0 Å². The van der Waals surface area contributed by atoms with Crippen molar-refractivity contribution in [1.82, 2.24) is 10.3 Å². The first-order chi connectivity index (χ1) is 14.2. The third kappa shape index (κ3) is 2.59. The second kappa shape index (κ2) is 6.72. The van der Waals surface area contributed by atoms with E-state index in [4.69, 9.17) is 4.74 Å². The topological polar surface area (TPSA) is 71.5 Å². The highest BCUT2D eigenvalue weighted by atomic mass is 32.1. The van der Waals surface area contributed by atoms with Crippen LogP contribution in [0.5, 0.6) is 5.75 Å². The molecule has 5 rings (SSSR count). The van der Waals surface area contributed by atoms with E-state index in [1.165, 1.54) is 16.2 Å². The third-order valence-electron chi connectivity index (χ3n) is 4.84. The molecular weight excluding hydrogens is 386 g/mol. The van der Waals surface area contributed by atoms with Gasteiger partial charge in [-0.05, 0) is 35.7 Å². The Kier molecular flexibility index (Phi) is 4.03. The van der Waals surface area contributed by atoms with E-state index < -0.39 is 0 Å². The van der Waals surface area contributed by atoms with Crippen LogP contribution in [0.15, 0.2) is 77.3 Å². The number of para-hydroxylation sites is 2. The van der Waals surface area contributed by atoms with Gasteiger partial charge in [0.1, 0.15) is 5.75 Å². The molecule has 142 valence electrons. The molecule has 6 nitrogen and oxygen atoms in total. The maximum Gasteiger partial charge on any atom is 0.266 e. The van der Waals surface area contributed by atoms with Crippen molar-refractivity contribution in [3.63, 3.8) is 0 Å². The number of amides is 2. The van der Waals surface area contributed by atoms with Gasteiger partial charge in [0.05, 0.1) is 45.9 Å². The van der Waals surface area contributed by atoms with Crippen LogP contribution in [0.3, 0.4) is 0 Å². The maximum atomic E-state index is 13.6. The predicted molar refractivity (Wildman–Crippen MR) is 111 cm³/mol. The molecule has 2 aliphatic rings. The molecule has 7 heteroatoms. The van der Waals surface area contributed by atoms with Gasteiger partial charge in [-0.3, -0.25) is 19.5 Å². The van der Waals surface area contributed by atoms with Crippen LogP contribution >= 0.6 is 11.3 Å². The van der Waals surface area contributed by atoms with Gasteiger partial charge in [0.2, 0.25) is 0 Å². The van der Waals surface area contributed by atoms with Crippen molar-refractivity contribution in [1.29, 1.82) is 0 Å². The Morgan fingerprint density at radius 1 is 1.00 bits per heavy atom. The number of carbonyl (C=O) groups excluding carboxylic acids is 2. The van der Waals surface area contributed by atoms with Crippen LogP contribution in [0.4, 0.5) is 5.69 Å². The molecule has 1 N–H and O–H groups in total. The summed E-state index contributed by atoms with van der Waals surface area (Å²) in [5.74, 6) is -0.0600. The van der Waals surface area contributed by atoms with Gasteiger partial charge in [-0.25, -0.2) is 0 Å². The minimum atomic E-state index is -0.310. The van der Waals surface area contributed by atoms with Crippen molar-refractivity contribution in [2.45, 2.75) is 0 Å². The lowest BCUT2D eigenvalue weighted by molar-refractivity contribution is -0.116. The Morgan fingerprint density at radius 2 is 1.83 bits per heavy atom. The molecule has 0 unspecified atom stereocenters. The minimum absolute atomic E-state index is 0.285. The molecule has 0 bridgehead atoms. The van der Waals surface area contributed by atoms with E-state index in [0.717, 1.165) is 4.88 Å². The Balaban J connectivity index is 1.81. The summed E-state index contributed by atoms with van der Waals surface area (Å²) in [5, 5.41) is 4.79. The summed E-state index contributed by atoms with van der Waals surface area (Å²) in [7, 11) is 1.55. The fourth-order valence-corrected chi connectivity index (χ4v) is 4.37. The average Bonchev–Trinajstić information content (AvgIpc) is 3.46.